The highest BCUT2D eigenvalue weighted by Crippen LogP contribution is 2.23. The standard InChI is InChI=1S/C15H19FN2O2/c1-10(2)18-9-17-7-13(18)8-20-15-5-4-12(11(3)19)6-14(15)16/h4-7,9-11,19H,8H2,1-3H3/t11-/m1/s1. The van der Waals surface area contributed by atoms with Gasteiger partial charge in [-0.25, -0.2) is 9.37 Å². The van der Waals surface area contributed by atoms with Crippen molar-refractivity contribution in [2.24, 2.45) is 0 Å². The van der Waals surface area contributed by atoms with Crippen LogP contribution < -0.4 is 4.74 Å². The molecular formula is C15H19FN2O2. The number of imidazole rings is 1. The second-order valence-electron chi connectivity index (χ2n) is 5.04. The number of rotatable bonds is 5. The second-order valence-corrected chi connectivity index (χ2v) is 5.04. The molecule has 1 N–H and O–H groups in total. The smallest absolute Gasteiger partial charge is 0.165 e. The van der Waals surface area contributed by atoms with Crippen molar-refractivity contribution in [1.29, 1.82) is 0 Å². The van der Waals surface area contributed by atoms with E-state index in [0.717, 1.165) is 5.69 Å². The first kappa shape index (κ1) is 14.5. The summed E-state index contributed by atoms with van der Waals surface area (Å²) in [6.07, 6.45) is 2.75. The molecule has 4 nitrogen and oxygen atoms in total. The number of aliphatic hydroxyl groups excluding tert-OH is 1. The van der Waals surface area contributed by atoms with Crippen LogP contribution in [-0.4, -0.2) is 14.7 Å². The summed E-state index contributed by atoms with van der Waals surface area (Å²) in [5, 5.41) is 9.40. The molecule has 0 radical (unpaired) electrons. The number of hydrogen-bond donors (Lipinski definition) is 1. The Morgan fingerprint density at radius 2 is 2.10 bits per heavy atom. The molecule has 0 aliphatic carbocycles. The summed E-state index contributed by atoms with van der Waals surface area (Å²) in [5.41, 5.74) is 1.42. The minimum Gasteiger partial charge on any atom is -0.484 e. The number of hydrogen-bond acceptors (Lipinski definition) is 3. The summed E-state index contributed by atoms with van der Waals surface area (Å²) in [5.74, 6) is -0.301. The van der Waals surface area contributed by atoms with Crippen LogP contribution >= 0.6 is 0 Å². The van der Waals surface area contributed by atoms with Gasteiger partial charge in [0.25, 0.3) is 0 Å². The lowest BCUT2D eigenvalue weighted by molar-refractivity contribution is 0.198. The molecule has 0 fully saturated rings. The van der Waals surface area contributed by atoms with Crippen LogP contribution in [0.15, 0.2) is 30.7 Å². The quantitative estimate of drug-likeness (QED) is 0.913. The van der Waals surface area contributed by atoms with E-state index in [1.54, 1.807) is 25.5 Å². The molecule has 1 atom stereocenters. The van der Waals surface area contributed by atoms with Gasteiger partial charge in [0.2, 0.25) is 0 Å². The van der Waals surface area contributed by atoms with Gasteiger partial charge >= 0.3 is 0 Å². The third-order valence-electron chi connectivity index (χ3n) is 3.12. The van der Waals surface area contributed by atoms with Gasteiger partial charge in [0, 0.05) is 6.04 Å². The van der Waals surface area contributed by atoms with E-state index in [2.05, 4.69) is 4.98 Å². The Morgan fingerprint density at radius 3 is 2.70 bits per heavy atom. The fourth-order valence-electron chi connectivity index (χ4n) is 1.95. The number of benzene rings is 1. The van der Waals surface area contributed by atoms with E-state index in [9.17, 15) is 9.50 Å². The molecular weight excluding hydrogens is 259 g/mol. The van der Waals surface area contributed by atoms with Crippen molar-refractivity contribution >= 4 is 0 Å². The van der Waals surface area contributed by atoms with E-state index < -0.39 is 11.9 Å². The molecule has 0 aliphatic rings. The minimum absolute atomic E-state index is 0.172. The van der Waals surface area contributed by atoms with E-state index in [-0.39, 0.29) is 18.4 Å². The number of aliphatic hydroxyl groups is 1. The predicted octanol–water partition coefficient (Wildman–Crippen LogP) is 3.24. The van der Waals surface area contributed by atoms with E-state index in [4.69, 9.17) is 4.74 Å². The molecule has 2 rings (SSSR count). The maximum atomic E-state index is 13.8. The normalized spacial score (nSPS) is 12.7. The van der Waals surface area contributed by atoms with Gasteiger partial charge in [-0.1, -0.05) is 6.07 Å². The molecule has 0 spiro atoms. The van der Waals surface area contributed by atoms with Crippen molar-refractivity contribution in [1.82, 2.24) is 9.55 Å². The Morgan fingerprint density at radius 1 is 1.35 bits per heavy atom. The van der Waals surface area contributed by atoms with Crippen molar-refractivity contribution < 1.29 is 14.2 Å². The zero-order chi connectivity index (χ0) is 14.7. The molecule has 1 heterocycles. The lowest BCUT2D eigenvalue weighted by atomic mass is 10.1. The van der Waals surface area contributed by atoms with Crippen molar-refractivity contribution in [3.05, 3.63) is 47.8 Å². The molecule has 108 valence electrons. The average molecular weight is 278 g/mol. The first-order valence-electron chi connectivity index (χ1n) is 6.60. The van der Waals surface area contributed by atoms with Crippen molar-refractivity contribution in [3.8, 4) is 5.75 Å². The van der Waals surface area contributed by atoms with Crippen LogP contribution in [0.25, 0.3) is 0 Å². The van der Waals surface area contributed by atoms with E-state index in [0.29, 0.717) is 5.56 Å². The first-order valence-corrected chi connectivity index (χ1v) is 6.60. The van der Waals surface area contributed by atoms with Crippen molar-refractivity contribution in [2.45, 2.75) is 39.5 Å². The van der Waals surface area contributed by atoms with E-state index in [1.807, 2.05) is 18.4 Å². The lowest BCUT2D eigenvalue weighted by Crippen LogP contribution is -2.07. The molecule has 20 heavy (non-hydrogen) atoms. The monoisotopic (exact) mass is 278 g/mol. The first-order chi connectivity index (χ1) is 9.49. The molecule has 0 amide bonds. The third kappa shape index (κ3) is 3.17. The molecule has 0 bridgehead atoms. The molecule has 0 aliphatic heterocycles. The summed E-state index contributed by atoms with van der Waals surface area (Å²) < 4.78 is 21.3. The molecule has 0 saturated heterocycles. The maximum absolute atomic E-state index is 13.8. The van der Waals surface area contributed by atoms with E-state index >= 15 is 0 Å². The molecule has 5 heteroatoms. The zero-order valence-corrected chi connectivity index (χ0v) is 11.9. The SMILES string of the molecule is CC(C)n1cncc1COc1ccc([C@@H](C)O)cc1F. The van der Waals surface area contributed by atoms with Crippen LogP contribution in [0.2, 0.25) is 0 Å². The summed E-state index contributed by atoms with van der Waals surface area (Å²) >= 11 is 0. The van der Waals surface area contributed by atoms with Gasteiger partial charge in [0.15, 0.2) is 11.6 Å². The number of halogens is 1. The summed E-state index contributed by atoms with van der Waals surface area (Å²) in [6, 6.07) is 4.76. The highest BCUT2D eigenvalue weighted by molar-refractivity contribution is 5.30. The Balaban J connectivity index is 2.09. The molecule has 1 aromatic carbocycles. The van der Waals surface area contributed by atoms with E-state index in [1.165, 1.54) is 12.1 Å². The summed E-state index contributed by atoms with van der Waals surface area (Å²) in [7, 11) is 0. The van der Waals surface area contributed by atoms with Crippen LogP contribution in [-0.2, 0) is 6.61 Å². The molecule has 1 aromatic heterocycles. The third-order valence-corrected chi connectivity index (χ3v) is 3.12. The predicted molar refractivity (Wildman–Crippen MR) is 74.0 cm³/mol. The number of ether oxygens (including phenoxy) is 1. The highest BCUT2D eigenvalue weighted by atomic mass is 19.1. The Bertz CT molecular complexity index is 579. The van der Waals surface area contributed by atoms with Gasteiger partial charge in [0.05, 0.1) is 24.3 Å². The maximum Gasteiger partial charge on any atom is 0.165 e. The molecule has 2 aromatic rings. The van der Waals surface area contributed by atoms with Gasteiger partial charge in [-0.15, -0.1) is 0 Å². The van der Waals surface area contributed by atoms with Crippen LogP contribution in [0.1, 0.15) is 44.2 Å². The zero-order valence-electron chi connectivity index (χ0n) is 11.9. The van der Waals surface area contributed by atoms with Crippen LogP contribution in [0.3, 0.4) is 0 Å². The second kappa shape index (κ2) is 6.05. The number of nitrogens with zero attached hydrogens (tertiary/aromatic N) is 2. The molecule has 0 saturated carbocycles. The van der Waals surface area contributed by atoms with Gasteiger partial charge < -0.3 is 14.4 Å². The van der Waals surface area contributed by atoms with Gasteiger partial charge in [0.1, 0.15) is 6.61 Å². The summed E-state index contributed by atoms with van der Waals surface area (Å²) in [6.45, 7) is 5.94. The number of aromatic nitrogens is 2. The Kier molecular flexibility index (Phi) is 4.39. The Labute approximate surface area is 117 Å². The van der Waals surface area contributed by atoms with Crippen molar-refractivity contribution in [2.75, 3.05) is 0 Å². The van der Waals surface area contributed by atoms with Crippen molar-refractivity contribution in [3.63, 3.8) is 0 Å². The topological polar surface area (TPSA) is 47.3 Å². The lowest BCUT2D eigenvalue weighted by Gasteiger charge is -2.13. The fraction of sp³-hybridized carbons (Fsp3) is 0.400. The molecule has 0 unspecified atom stereocenters. The minimum atomic E-state index is -0.694. The average Bonchev–Trinajstić information content (AvgIpc) is 2.85. The summed E-state index contributed by atoms with van der Waals surface area (Å²) in [4.78, 5) is 4.07. The van der Waals surface area contributed by atoms with Gasteiger partial charge in [-0.3, -0.25) is 0 Å². The highest BCUT2D eigenvalue weighted by Gasteiger charge is 2.10. The fourth-order valence-corrected chi connectivity index (χ4v) is 1.95. The Hall–Kier alpha value is -1.88. The van der Waals surface area contributed by atoms with Gasteiger partial charge in [-0.05, 0) is 38.5 Å². The van der Waals surface area contributed by atoms with Crippen LogP contribution in [0.4, 0.5) is 4.39 Å². The van der Waals surface area contributed by atoms with Gasteiger partial charge in [-0.2, -0.15) is 0 Å². The van der Waals surface area contributed by atoms with Crippen LogP contribution in [0.5, 0.6) is 5.75 Å². The largest absolute Gasteiger partial charge is 0.484 e. The van der Waals surface area contributed by atoms with Crippen LogP contribution in [0, 0.1) is 5.82 Å².